The molecule has 1 aromatic heterocycles. The largest absolute Gasteiger partial charge is 0.295 e. The predicted molar refractivity (Wildman–Crippen MR) is 102 cm³/mol. The number of rotatable bonds is 4. The van der Waals surface area contributed by atoms with Crippen LogP contribution in [0, 0.1) is 0 Å². The number of carbonyl (C=O) groups is 1. The van der Waals surface area contributed by atoms with Crippen LogP contribution in [0.1, 0.15) is 5.01 Å². The number of fused-ring (bicyclic) bond motifs is 1. The molecule has 0 saturated carbocycles. The number of hydrogen-bond acceptors (Lipinski definition) is 4. The van der Waals surface area contributed by atoms with Crippen LogP contribution in [-0.4, -0.2) is 10.9 Å². The molecule has 2 N–H and O–H groups in total. The van der Waals surface area contributed by atoms with Gasteiger partial charge < -0.3 is 0 Å². The van der Waals surface area contributed by atoms with E-state index in [2.05, 4.69) is 15.8 Å². The fourth-order valence-electron chi connectivity index (χ4n) is 1.94. The SMILES string of the molecule is O=C(C=Cc1nc2ccccc2s1)NNc1c(Cl)cc(Cl)cc1Cl. The van der Waals surface area contributed by atoms with E-state index in [1.165, 1.54) is 29.5 Å². The minimum atomic E-state index is -0.365. The molecule has 0 aliphatic heterocycles. The number of anilines is 1. The van der Waals surface area contributed by atoms with Crippen molar-refractivity contribution >= 4 is 74.0 Å². The van der Waals surface area contributed by atoms with E-state index in [1.54, 1.807) is 6.08 Å². The minimum Gasteiger partial charge on any atom is -0.295 e. The first-order valence-electron chi connectivity index (χ1n) is 6.77. The molecule has 4 nitrogen and oxygen atoms in total. The normalized spacial score (nSPS) is 11.1. The third-order valence-corrected chi connectivity index (χ3v) is 4.82. The van der Waals surface area contributed by atoms with Gasteiger partial charge in [-0.2, -0.15) is 0 Å². The van der Waals surface area contributed by atoms with Crippen molar-refractivity contribution in [3.8, 4) is 0 Å². The molecule has 3 aromatic rings. The summed E-state index contributed by atoms with van der Waals surface area (Å²) in [5.74, 6) is -0.365. The summed E-state index contributed by atoms with van der Waals surface area (Å²) in [7, 11) is 0. The molecule has 0 fully saturated rings. The molecular formula is C16H10Cl3N3OS. The second-order valence-corrected chi connectivity index (χ2v) is 7.02. The van der Waals surface area contributed by atoms with Gasteiger partial charge in [0, 0.05) is 11.1 Å². The van der Waals surface area contributed by atoms with E-state index < -0.39 is 0 Å². The minimum absolute atomic E-state index is 0.308. The molecule has 24 heavy (non-hydrogen) atoms. The van der Waals surface area contributed by atoms with Crippen LogP contribution in [0.2, 0.25) is 15.1 Å². The van der Waals surface area contributed by atoms with Crippen LogP contribution in [0.25, 0.3) is 16.3 Å². The zero-order valence-corrected chi connectivity index (χ0v) is 15.1. The molecule has 0 aliphatic carbocycles. The number of benzene rings is 2. The lowest BCUT2D eigenvalue weighted by Crippen LogP contribution is -2.27. The number of nitrogens with one attached hydrogen (secondary N) is 2. The highest BCUT2D eigenvalue weighted by atomic mass is 35.5. The number of carbonyl (C=O) groups excluding carboxylic acids is 1. The monoisotopic (exact) mass is 397 g/mol. The summed E-state index contributed by atoms with van der Waals surface area (Å²) in [5.41, 5.74) is 6.46. The maximum absolute atomic E-state index is 11.9. The fourth-order valence-corrected chi connectivity index (χ4v) is 3.72. The van der Waals surface area contributed by atoms with Gasteiger partial charge in [0.1, 0.15) is 5.01 Å². The summed E-state index contributed by atoms with van der Waals surface area (Å²) in [5, 5.41) is 1.78. The molecule has 122 valence electrons. The molecule has 3 rings (SSSR count). The number of hydrogen-bond donors (Lipinski definition) is 2. The highest BCUT2D eigenvalue weighted by Gasteiger charge is 2.08. The molecule has 0 bridgehead atoms. The van der Waals surface area contributed by atoms with Crippen LogP contribution in [0.5, 0.6) is 0 Å². The van der Waals surface area contributed by atoms with Gasteiger partial charge in [-0.25, -0.2) is 4.98 Å². The Kier molecular flexibility index (Phi) is 5.26. The zero-order chi connectivity index (χ0) is 17.1. The zero-order valence-electron chi connectivity index (χ0n) is 12.0. The molecule has 0 spiro atoms. The summed E-state index contributed by atoms with van der Waals surface area (Å²) in [6.07, 6.45) is 3.02. The number of amides is 1. The molecule has 0 radical (unpaired) electrons. The Morgan fingerprint density at radius 1 is 1.12 bits per heavy atom. The maximum Gasteiger partial charge on any atom is 0.262 e. The predicted octanol–water partition coefficient (Wildman–Crippen LogP) is 5.41. The smallest absolute Gasteiger partial charge is 0.262 e. The molecule has 1 heterocycles. The first kappa shape index (κ1) is 17.0. The molecule has 0 saturated heterocycles. The van der Waals surface area contributed by atoms with Crippen LogP contribution in [0.15, 0.2) is 42.5 Å². The summed E-state index contributed by atoms with van der Waals surface area (Å²) < 4.78 is 1.07. The summed E-state index contributed by atoms with van der Waals surface area (Å²) in [6, 6.07) is 10.8. The first-order valence-corrected chi connectivity index (χ1v) is 8.72. The van der Waals surface area contributed by atoms with E-state index in [0.717, 1.165) is 15.2 Å². The lowest BCUT2D eigenvalue weighted by molar-refractivity contribution is -0.115. The average molecular weight is 399 g/mol. The lowest BCUT2D eigenvalue weighted by Gasteiger charge is -2.10. The van der Waals surface area contributed by atoms with Gasteiger partial charge in [0.15, 0.2) is 0 Å². The standard InChI is InChI=1S/C16H10Cl3N3OS/c17-9-7-10(18)16(11(19)8-9)22-21-14(23)5-6-15-20-12-3-1-2-4-13(12)24-15/h1-8,22H,(H,21,23). The van der Waals surface area contributed by atoms with E-state index in [-0.39, 0.29) is 5.91 Å². The second kappa shape index (κ2) is 7.40. The van der Waals surface area contributed by atoms with Gasteiger partial charge in [0.05, 0.1) is 25.9 Å². The van der Waals surface area contributed by atoms with Gasteiger partial charge in [-0.05, 0) is 30.3 Å². The van der Waals surface area contributed by atoms with Crippen molar-refractivity contribution in [1.29, 1.82) is 0 Å². The number of nitrogens with zero attached hydrogens (tertiary/aromatic N) is 1. The number of hydrazine groups is 1. The van der Waals surface area contributed by atoms with Gasteiger partial charge in [0.2, 0.25) is 0 Å². The van der Waals surface area contributed by atoms with Crippen molar-refractivity contribution in [3.05, 3.63) is 62.5 Å². The Bertz CT molecular complexity index is 883. The third kappa shape index (κ3) is 3.99. The molecule has 2 aromatic carbocycles. The van der Waals surface area contributed by atoms with Crippen LogP contribution in [-0.2, 0) is 4.79 Å². The van der Waals surface area contributed by atoms with Crippen molar-refractivity contribution in [2.45, 2.75) is 0 Å². The van der Waals surface area contributed by atoms with Crippen LogP contribution >= 0.6 is 46.1 Å². The Morgan fingerprint density at radius 3 is 2.54 bits per heavy atom. The maximum atomic E-state index is 11.9. The molecular weight excluding hydrogens is 389 g/mol. The van der Waals surface area contributed by atoms with Crippen molar-refractivity contribution in [2.75, 3.05) is 5.43 Å². The van der Waals surface area contributed by atoms with Crippen LogP contribution < -0.4 is 10.9 Å². The molecule has 0 aliphatic rings. The Labute approximate surface area is 157 Å². The van der Waals surface area contributed by atoms with Crippen molar-refractivity contribution in [2.24, 2.45) is 0 Å². The van der Waals surface area contributed by atoms with E-state index in [4.69, 9.17) is 34.8 Å². The number of thiazole rings is 1. The highest BCUT2D eigenvalue weighted by molar-refractivity contribution is 7.19. The summed E-state index contributed by atoms with van der Waals surface area (Å²) in [4.78, 5) is 16.3. The molecule has 0 unspecified atom stereocenters. The van der Waals surface area contributed by atoms with E-state index in [0.29, 0.717) is 20.8 Å². The van der Waals surface area contributed by atoms with Crippen molar-refractivity contribution < 1.29 is 4.79 Å². The fraction of sp³-hybridized carbons (Fsp3) is 0. The number of aromatic nitrogens is 1. The van der Waals surface area contributed by atoms with Gasteiger partial charge in [-0.15, -0.1) is 11.3 Å². The van der Waals surface area contributed by atoms with Gasteiger partial charge >= 0.3 is 0 Å². The Morgan fingerprint density at radius 2 is 1.83 bits per heavy atom. The van der Waals surface area contributed by atoms with Crippen LogP contribution in [0.3, 0.4) is 0 Å². The van der Waals surface area contributed by atoms with Gasteiger partial charge in [-0.3, -0.25) is 15.6 Å². The Balaban J connectivity index is 1.65. The van der Waals surface area contributed by atoms with Crippen molar-refractivity contribution in [3.63, 3.8) is 0 Å². The average Bonchev–Trinajstić information content (AvgIpc) is 2.94. The van der Waals surface area contributed by atoms with Crippen LogP contribution in [0.4, 0.5) is 5.69 Å². The molecule has 1 amide bonds. The van der Waals surface area contributed by atoms with E-state index in [9.17, 15) is 4.79 Å². The summed E-state index contributed by atoms with van der Waals surface area (Å²) >= 11 is 19.4. The topological polar surface area (TPSA) is 54.0 Å². The molecule has 8 heteroatoms. The first-order chi connectivity index (χ1) is 11.5. The van der Waals surface area contributed by atoms with Gasteiger partial charge in [-0.1, -0.05) is 46.9 Å². The number of halogens is 3. The number of para-hydroxylation sites is 1. The quantitative estimate of drug-likeness (QED) is 0.456. The molecule has 0 atom stereocenters. The highest BCUT2D eigenvalue weighted by Crippen LogP contribution is 2.33. The van der Waals surface area contributed by atoms with Gasteiger partial charge in [0.25, 0.3) is 5.91 Å². The van der Waals surface area contributed by atoms with E-state index >= 15 is 0 Å². The summed E-state index contributed by atoms with van der Waals surface area (Å²) in [6.45, 7) is 0. The lowest BCUT2D eigenvalue weighted by atomic mass is 10.3. The second-order valence-electron chi connectivity index (χ2n) is 4.71. The third-order valence-electron chi connectivity index (χ3n) is 3.01. The van der Waals surface area contributed by atoms with E-state index in [1.807, 2.05) is 24.3 Å². The van der Waals surface area contributed by atoms with Crippen molar-refractivity contribution in [1.82, 2.24) is 10.4 Å². The Hall–Kier alpha value is -1.79.